The summed E-state index contributed by atoms with van der Waals surface area (Å²) in [6.07, 6.45) is 3.26. The lowest BCUT2D eigenvalue weighted by atomic mass is 10.0. The molecule has 1 aliphatic carbocycles. The molecule has 0 saturated carbocycles. The van der Waals surface area contributed by atoms with Gasteiger partial charge in [-0.05, 0) is 71.2 Å². The SMILES string of the molecule is O=C(COC(=O)c1ccccc1I)c1ccc2c(c1)CCC2. The highest BCUT2D eigenvalue weighted by Gasteiger charge is 2.16. The molecular weight excluding hydrogens is 391 g/mol. The Kier molecular flexibility index (Phi) is 4.57. The van der Waals surface area contributed by atoms with Gasteiger partial charge in [0.1, 0.15) is 0 Å². The van der Waals surface area contributed by atoms with Crippen LogP contribution in [0.2, 0.25) is 0 Å². The van der Waals surface area contributed by atoms with Crippen molar-refractivity contribution in [2.24, 2.45) is 0 Å². The van der Waals surface area contributed by atoms with Crippen LogP contribution in [0, 0.1) is 3.57 Å². The van der Waals surface area contributed by atoms with Gasteiger partial charge in [-0.3, -0.25) is 4.79 Å². The Morgan fingerprint density at radius 3 is 2.64 bits per heavy atom. The van der Waals surface area contributed by atoms with Gasteiger partial charge in [-0.1, -0.05) is 24.3 Å². The Morgan fingerprint density at radius 2 is 1.82 bits per heavy atom. The highest BCUT2D eigenvalue weighted by molar-refractivity contribution is 14.1. The van der Waals surface area contributed by atoms with E-state index in [4.69, 9.17) is 4.74 Å². The van der Waals surface area contributed by atoms with Crippen LogP contribution in [-0.4, -0.2) is 18.4 Å². The van der Waals surface area contributed by atoms with Gasteiger partial charge in [0.2, 0.25) is 0 Å². The summed E-state index contributed by atoms with van der Waals surface area (Å²) in [5.74, 6) is -0.617. The quantitative estimate of drug-likeness (QED) is 0.441. The van der Waals surface area contributed by atoms with Crippen LogP contribution in [0.3, 0.4) is 0 Å². The molecule has 0 radical (unpaired) electrons. The number of ether oxygens (including phenoxy) is 1. The van der Waals surface area contributed by atoms with E-state index in [0.29, 0.717) is 11.1 Å². The molecule has 2 aromatic rings. The van der Waals surface area contributed by atoms with Crippen LogP contribution < -0.4 is 0 Å². The summed E-state index contributed by atoms with van der Waals surface area (Å²) in [6.45, 7) is -0.220. The minimum absolute atomic E-state index is 0.158. The molecule has 112 valence electrons. The van der Waals surface area contributed by atoms with Crippen molar-refractivity contribution in [2.45, 2.75) is 19.3 Å². The number of benzene rings is 2. The summed E-state index contributed by atoms with van der Waals surface area (Å²) >= 11 is 2.08. The smallest absolute Gasteiger partial charge is 0.339 e. The predicted octanol–water partition coefficient (Wildman–Crippen LogP) is 3.82. The van der Waals surface area contributed by atoms with Crippen molar-refractivity contribution in [2.75, 3.05) is 6.61 Å². The first-order chi connectivity index (χ1) is 10.6. The number of esters is 1. The van der Waals surface area contributed by atoms with Gasteiger partial charge in [0.15, 0.2) is 12.4 Å². The van der Waals surface area contributed by atoms with Crippen molar-refractivity contribution in [1.29, 1.82) is 0 Å². The molecular formula is C18H15IO3. The molecule has 3 rings (SSSR count). The second kappa shape index (κ2) is 6.60. The molecule has 22 heavy (non-hydrogen) atoms. The molecule has 0 spiro atoms. The average Bonchev–Trinajstić information content (AvgIpc) is 3.00. The van der Waals surface area contributed by atoms with Crippen molar-refractivity contribution in [1.82, 2.24) is 0 Å². The zero-order chi connectivity index (χ0) is 15.5. The van der Waals surface area contributed by atoms with E-state index < -0.39 is 5.97 Å². The van der Waals surface area contributed by atoms with Crippen molar-refractivity contribution >= 4 is 34.3 Å². The third kappa shape index (κ3) is 3.21. The number of ketones is 1. The number of hydrogen-bond donors (Lipinski definition) is 0. The van der Waals surface area contributed by atoms with Gasteiger partial charge in [-0.15, -0.1) is 0 Å². The van der Waals surface area contributed by atoms with E-state index in [2.05, 4.69) is 22.6 Å². The summed E-state index contributed by atoms with van der Waals surface area (Å²) < 4.78 is 5.97. The largest absolute Gasteiger partial charge is 0.454 e. The lowest BCUT2D eigenvalue weighted by molar-refractivity contribution is 0.0473. The fourth-order valence-corrected chi connectivity index (χ4v) is 3.27. The topological polar surface area (TPSA) is 43.4 Å². The summed E-state index contributed by atoms with van der Waals surface area (Å²) in [4.78, 5) is 24.2. The van der Waals surface area contributed by atoms with Crippen molar-refractivity contribution in [3.63, 3.8) is 0 Å². The van der Waals surface area contributed by atoms with E-state index in [1.807, 2.05) is 30.3 Å². The van der Waals surface area contributed by atoms with E-state index in [1.54, 1.807) is 12.1 Å². The summed E-state index contributed by atoms with van der Waals surface area (Å²) in [5.41, 5.74) is 3.68. The molecule has 4 heteroatoms. The normalized spacial score (nSPS) is 12.8. The molecule has 0 fully saturated rings. The summed E-state index contributed by atoms with van der Waals surface area (Å²) in [5, 5.41) is 0. The molecule has 3 nitrogen and oxygen atoms in total. The predicted molar refractivity (Wildman–Crippen MR) is 92.2 cm³/mol. The molecule has 0 aromatic heterocycles. The number of aryl methyl sites for hydroxylation is 2. The van der Waals surface area contributed by atoms with Crippen molar-refractivity contribution in [3.8, 4) is 0 Å². The molecule has 0 atom stereocenters. The number of hydrogen-bond acceptors (Lipinski definition) is 3. The average molecular weight is 406 g/mol. The first kappa shape index (κ1) is 15.2. The van der Waals surface area contributed by atoms with E-state index in [9.17, 15) is 9.59 Å². The third-order valence-electron chi connectivity index (χ3n) is 3.85. The molecule has 0 saturated heterocycles. The monoisotopic (exact) mass is 406 g/mol. The number of rotatable bonds is 4. The summed E-state index contributed by atoms with van der Waals surface area (Å²) in [7, 11) is 0. The van der Waals surface area contributed by atoms with Gasteiger partial charge in [0, 0.05) is 9.13 Å². The van der Waals surface area contributed by atoms with Gasteiger partial charge in [0.05, 0.1) is 5.56 Å². The van der Waals surface area contributed by atoms with Gasteiger partial charge < -0.3 is 4.74 Å². The molecule has 0 aliphatic heterocycles. The standard InChI is InChI=1S/C18H15IO3/c19-16-7-2-1-6-15(16)18(21)22-11-17(20)14-9-8-12-4-3-5-13(12)10-14/h1-2,6-10H,3-5,11H2. The second-order valence-electron chi connectivity index (χ2n) is 5.32. The van der Waals surface area contributed by atoms with E-state index in [-0.39, 0.29) is 12.4 Å². The van der Waals surface area contributed by atoms with Crippen LogP contribution in [-0.2, 0) is 17.6 Å². The maximum atomic E-state index is 12.2. The number of halogens is 1. The molecule has 0 unspecified atom stereocenters. The van der Waals surface area contributed by atoms with Crippen LogP contribution in [0.1, 0.15) is 38.3 Å². The number of carbonyl (C=O) groups is 2. The second-order valence-corrected chi connectivity index (χ2v) is 6.48. The van der Waals surface area contributed by atoms with Crippen molar-refractivity contribution < 1.29 is 14.3 Å². The zero-order valence-electron chi connectivity index (χ0n) is 12.0. The molecule has 0 heterocycles. The first-order valence-corrected chi connectivity index (χ1v) is 8.29. The highest BCUT2D eigenvalue weighted by atomic mass is 127. The molecule has 0 bridgehead atoms. The Balaban J connectivity index is 1.65. The fraction of sp³-hybridized carbons (Fsp3) is 0.222. The Hall–Kier alpha value is -1.69. The lowest BCUT2D eigenvalue weighted by Crippen LogP contribution is -2.15. The lowest BCUT2D eigenvalue weighted by Gasteiger charge is -2.07. The minimum atomic E-state index is -0.459. The van der Waals surface area contributed by atoms with Gasteiger partial charge in [-0.25, -0.2) is 4.79 Å². The van der Waals surface area contributed by atoms with Gasteiger partial charge >= 0.3 is 5.97 Å². The van der Waals surface area contributed by atoms with Crippen LogP contribution in [0.25, 0.3) is 0 Å². The number of carbonyl (C=O) groups excluding carboxylic acids is 2. The van der Waals surface area contributed by atoms with Crippen LogP contribution in [0.15, 0.2) is 42.5 Å². The minimum Gasteiger partial charge on any atom is -0.454 e. The fourth-order valence-electron chi connectivity index (χ4n) is 2.66. The highest BCUT2D eigenvalue weighted by Crippen LogP contribution is 2.23. The number of fused-ring (bicyclic) bond motifs is 1. The molecule has 2 aromatic carbocycles. The molecule has 0 N–H and O–H groups in total. The maximum Gasteiger partial charge on any atom is 0.339 e. The van der Waals surface area contributed by atoms with Crippen LogP contribution in [0.4, 0.5) is 0 Å². The Labute approximate surface area is 142 Å². The first-order valence-electron chi connectivity index (χ1n) is 7.22. The Bertz CT molecular complexity index is 737. The Morgan fingerprint density at radius 1 is 1.05 bits per heavy atom. The van der Waals surface area contributed by atoms with Gasteiger partial charge in [0.25, 0.3) is 0 Å². The zero-order valence-corrected chi connectivity index (χ0v) is 14.1. The van der Waals surface area contributed by atoms with E-state index in [1.165, 1.54) is 11.1 Å². The third-order valence-corrected chi connectivity index (χ3v) is 4.79. The van der Waals surface area contributed by atoms with Crippen molar-refractivity contribution in [3.05, 3.63) is 68.3 Å². The number of Topliss-reactive ketones (excluding diaryl/α,β-unsaturated/α-hetero) is 1. The van der Waals surface area contributed by atoms with Gasteiger partial charge in [-0.2, -0.15) is 0 Å². The maximum absolute atomic E-state index is 12.2. The van der Waals surface area contributed by atoms with Crippen LogP contribution in [0.5, 0.6) is 0 Å². The van der Waals surface area contributed by atoms with E-state index >= 15 is 0 Å². The van der Waals surface area contributed by atoms with E-state index in [0.717, 1.165) is 22.8 Å². The molecule has 0 amide bonds. The molecule has 1 aliphatic rings. The summed E-state index contributed by atoms with van der Waals surface area (Å²) in [6, 6.07) is 12.9. The van der Waals surface area contributed by atoms with Crippen LogP contribution >= 0.6 is 22.6 Å².